The molecule has 2 atom stereocenters. The molecule has 1 aromatic carbocycles. The van der Waals surface area contributed by atoms with E-state index >= 15 is 0 Å². The topological polar surface area (TPSA) is 49.3 Å². The van der Waals surface area contributed by atoms with Crippen LogP contribution in [0, 0.1) is 5.82 Å². The lowest BCUT2D eigenvalue weighted by molar-refractivity contribution is 0.0919. The van der Waals surface area contributed by atoms with Crippen molar-refractivity contribution in [2.45, 2.75) is 32.4 Å². The summed E-state index contributed by atoms with van der Waals surface area (Å²) in [5.41, 5.74) is -0.0880. The number of hydrogen-bond acceptors (Lipinski definition) is 2. The Balaban J connectivity index is 2.73. The average Bonchev–Trinajstić information content (AvgIpc) is 2.20. The lowest BCUT2D eigenvalue weighted by Crippen LogP contribution is -2.35. The maximum Gasteiger partial charge on any atom is 0.254 e. The zero-order valence-corrected chi connectivity index (χ0v) is 10.5. The Morgan fingerprint density at radius 2 is 2.18 bits per heavy atom. The van der Waals surface area contributed by atoms with Crippen molar-refractivity contribution in [2.24, 2.45) is 0 Å². The summed E-state index contributed by atoms with van der Waals surface area (Å²) in [7, 11) is 0. The molecule has 0 aromatic heterocycles. The summed E-state index contributed by atoms with van der Waals surface area (Å²) >= 11 is 5.58. The van der Waals surface area contributed by atoms with E-state index in [1.54, 1.807) is 13.8 Å². The summed E-state index contributed by atoms with van der Waals surface area (Å²) in [4.78, 5) is 11.7. The third-order valence-electron chi connectivity index (χ3n) is 2.27. The number of aliphatic hydroxyl groups excluding tert-OH is 1. The number of aliphatic hydroxyl groups is 1. The maximum absolute atomic E-state index is 13.5. The highest BCUT2D eigenvalue weighted by atomic mass is 35.5. The highest BCUT2D eigenvalue weighted by Crippen LogP contribution is 2.17. The second-order valence-corrected chi connectivity index (χ2v) is 4.47. The molecule has 17 heavy (non-hydrogen) atoms. The van der Waals surface area contributed by atoms with E-state index in [-0.39, 0.29) is 16.6 Å². The van der Waals surface area contributed by atoms with Gasteiger partial charge < -0.3 is 10.4 Å². The van der Waals surface area contributed by atoms with Gasteiger partial charge in [-0.2, -0.15) is 0 Å². The van der Waals surface area contributed by atoms with Crippen LogP contribution >= 0.6 is 11.6 Å². The van der Waals surface area contributed by atoms with Crippen LogP contribution in [-0.4, -0.2) is 23.2 Å². The summed E-state index contributed by atoms with van der Waals surface area (Å²) in [5, 5.41) is 11.7. The van der Waals surface area contributed by atoms with E-state index in [1.165, 1.54) is 18.2 Å². The molecule has 3 nitrogen and oxygen atoms in total. The van der Waals surface area contributed by atoms with Crippen molar-refractivity contribution < 1.29 is 14.3 Å². The lowest BCUT2D eigenvalue weighted by Gasteiger charge is -2.15. The summed E-state index contributed by atoms with van der Waals surface area (Å²) in [6, 6.07) is 4.03. The van der Waals surface area contributed by atoms with Gasteiger partial charge in [0.25, 0.3) is 5.91 Å². The van der Waals surface area contributed by atoms with E-state index in [2.05, 4.69) is 5.32 Å². The predicted octanol–water partition coefficient (Wildman–Crippen LogP) is 2.37. The van der Waals surface area contributed by atoms with Gasteiger partial charge >= 0.3 is 0 Å². The van der Waals surface area contributed by atoms with Crippen LogP contribution in [0.3, 0.4) is 0 Å². The van der Waals surface area contributed by atoms with Crippen molar-refractivity contribution >= 4 is 17.5 Å². The molecule has 0 saturated heterocycles. The number of amides is 1. The monoisotopic (exact) mass is 259 g/mol. The molecular weight excluding hydrogens is 245 g/mol. The Bertz CT molecular complexity index is 409. The van der Waals surface area contributed by atoms with Crippen LogP contribution in [0.4, 0.5) is 4.39 Å². The fourth-order valence-corrected chi connectivity index (χ4v) is 1.73. The van der Waals surface area contributed by atoms with Crippen molar-refractivity contribution in [1.29, 1.82) is 0 Å². The largest absolute Gasteiger partial charge is 0.393 e. The van der Waals surface area contributed by atoms with Crippen LogP contribution in [-0.2, 0) is 0 Å². The Morgan fingerprint density at radius 3 is 2.76 bits per heavy atom. The number of hydrogen-bond donors (Lipinski definition) is 2. The molecule has 0 aliphatic rings. The van der Waals surface area contributed by atoms with Crippen molar-refractivity contribution in [3.8, 4) is 0 Å². The SMILES string of the molecule is CC(O)CC(C)NC(=O)c1cccc(Cl)c1F. The minimum atomic E-state index is -0.726. The van der Waals surface area contributed by atoms with Crippen LogP contribution in [0.2, 0.25) is 5.02 Å². The number of carbonyl (C=O) groups is 1. The highest BCUT2D eigenvalue weighted by Gasteiger charge is 2.16. The molecule has 0 aliphatic heterocycles. The standard InChI is InChI=1S/C12H15ClFNO2/c1-7(6-8(2)16)15-12(17)9-4-3-5-10(13)11(9)14/h3-5,7-8,16H,6H2,1-2H3,(H,15,17). The lowest BCUT2D eigenvalue weighted by atomic mass is 10.1. The third kappa shape index (κ3) is 3.98. The van der Waals surface area contributed by atoms with E-state index in [4.69, 9.17) is 16.7 Å². The molecule has 5 heteroatoms. The van der Waals surface area contributed by atoms with Gasteiger partial charge in [0, 0.05) is 6.04 Å². The zero-order valence-electron chi connectivity index (χ0n) is 9.71. The highest BCUT2D eigenvalue weighted by molar-refractivity contribution is 6.31. The van der Waals surface area contributed by atoms with Gasteiger partial charge in [-0.1, -0.05) is 17.7 Å². The fraction of sp³-hybridized carbons (Fsp3) is 0.417. The Kier molecular flexibility index (Phi) is 4.90. The second kappa shape index (κ2) is 5.98. The normalized spacial score (nSPS) is 14.2. The Morgan fingerprint density at radius 1 is 1.53 bits per heavy atom. The number of carbonyl (C=O) groups excluding carboxylic acids is 1. The van der Waals surface area contributed by atoms with Gasteiger partial charge in [0.05, 0.1) is 16.7 Å². The smallest absolute Gasteiger partial charge is 0.254 e. The molecule has 0 heterocycles. The van der Waals surface area contributed by atoms with Crippen LogP contribution in [0.15, 0.2) is 18.2 Å². The van der Waals surface area contributed by atoms with Crippen molar-refractivity contribution in [1.82, 2.24) is 5.32 Å². The van der Waals surface area contributed by atoms with Gasteiger partial charge in [-0.25, -0.2) is 4.39 Å². The first-order valence-electron chi connectivity index (χ1n) is 5.34. The van der Waals surface area contributed by atoms with E-state index in [9.17, 15) is 9.18 Å². The summed E-state index contributed by atoms with van der Waals surface area (Å²) in [6.45, 7) is 3.37. The molecule has 94 valence electrons. The van der Waals surface area contributed by atoms with Crippen LogP contribution in [0.25, 0.3) is 0 Å². The molecular formula is C12H15ClFNO2. The number of benzene rings is 1. The van der Waals surface area contributed by atoms with Crippen LogP contribution in [0.1, 0.15) is 30.6 Å². The molecule has 0 aliphatic carbocycles. The van der Waals surface area contributed by atoms with Gasteiger partial charge in [-0.05, 0) is 32.4 Å². The van der Waals surface area contributed by atoms with Gasteiger partial charge in [-0.3, -0.25) is 4.79 Å². The van der Waals surface area contributed by atoms with Crippen LogP contribution in [0.5, 0.6) is 0 Å². The van der Waals surface area contributed by atoms with Gasteiger partial charge in [0.15, 0.2) is 5.82 Å². The molecule has 0 radical (unpaired) electrons. The quantitative estimate of drug-likeness (QED) is 0.872. The second-order valence-electron chi connectivity index (χ2n) is 4.06. The van der Waals surface area contributed by atoms with Gasteiger partial charge in [0.1, 0.15) is 0 Å². The molecule has 2 N–H and O–H groups in total. The van der Waals surface area contributed by atoms with Crippen molar-refractivity contribution in [2.75, 3.05) is 0 Å². The summed E-state index contributed by atoms with van der Waals surface area (Å²) < 4.78 is 13.5. The van der Waals surface area contributed by atoms with E-state index < -0.39 is 17.8 Å². The van der Waals surface area contributed by atoms with Gasteiger partial charge in [-0.15, -0.1) is 0 Å². The molecule has 0 bridgehead atoms. The molecule has 0 fully saturated rings. The number of halogens is 2. The van der Waals surface area contributed by atoms with E-state index in [1.807, 2.05) is 0 Å². The van der Waals surface area contributed by atoms with Crippen molar-refractivity contribution in [3.05, 3.63) is 34.6 Å². The zero-order chi connectivity index (χ0) is 13.0. The minimum absolute atomic E-state index is 0.0826. The molecule has 0 saturated carbocycles. The Hall–Kier alpha value is -1.13. The Labute approximate surface area is 105 Å². The third-order valence-corrected chi connectivity index (χ3v) is 2.56. The first-order valence-corrected chi connectivity index (χ1v) is 5.72. The first-order chi connectivity index (χ1) is 7.91. The molecule has 0 spiro atoms. The predicted molar refractivity (Wildman–Crippen MR) is 64.6 cm³/mol. The van der Waals surface area contributed by atoms with Crippen molar-refractivity contribution in [3.63, 3.8) is 0 Å². The summed E-state index contributed by atoms with van der Waals surface area (Å²) in [6.07, 6.45) is -0.108. The fourth-order valence-electron chi connectivity index (χ4n) is 1.55. The minimum Gasteiger partial charge on any atom is -0.393 e. The first kappa shape index (κ1) is 13.9. The average molecular weight is 260 g/mol. The maximum atomic E-state index is 13.5. The number of rotatable bonds is 4. The van der Waals surface area contributed by atoms with E-state index in [0.29, 0.717) is 6.42 Å². The molecule has 1 amide bonds. The van der Waals surface area contributed by atoms with Gasteiger partial charge in [0.2, 0.25) is 0 Å². The van der Waals surface area contributed by atoms with E-state index in [0.717, 1.165) is 0 Å². The number of nitrogens with one attached hydrogen (secondary N) is 1. The molecule has 2 unspecified atom stereocenters. The molecule has 1 aromatic rings. The molecule has 1 rings (SSSR count). The summed E-state index contributed by atoms with van der Waals surface area (Å²) in [5.74, 6) is -1.26. The van der Waals surface area contributed by atoms with Crippen LogP contribution < -0.4 is 5.32 Å².